The van der Waals surface area contributed by atoms with Crippen molar-refractivity contribution in [3.05, 3.63) is 58.9 Å². The highest BCUT2D eigenvalue weighted by atomic mass is 19.1. The lowest BCUT2D eigenvalue weighted by Crippen LogP contribution is -2.36. The average molecular weight is 481 g/mol. The maximum absolute atomic E-state index is 13.5. The minimum atomic E-state index is -0.756. The van der Waals surface area contributed by atoms with Gasteiger partial charge in [0.05, 0.1) is 5.41 Å². The van der Waals surface area contributed by atoms with Crippen molar-refractivity contribution < 1.29 is 23.9 Å². The van der Waals surface area contributed by atoms with Crippen molar-refractivity contribution in [2.24, 2.45) is 10.8 Å². The summed E-state index contributed by atoms with van der Waals surface area (Å²) in [4.78, 5) is 45.8. The Hall–Kier alpha value is -3.89. The number of carboxylic acids is 1. The molecule has 35 heavy (non-hydrogen) atoms. The number of amides is 2. The van der Waals surface area contributed by atoms with Crippen LogP contribution < -0.4 is 10.6 Å². The largest absolute Gasteiger partial charge is 0.481 e. The van der Waals surface area contributed by atoms with Crippen LogP contribution in [0.25, 0.3) is 5.78 Å². The highest BCUT2D eigenvalue weighted by Gasteiger charge is 2.58. The van der Waals surface area contributed by atoms with Gasteiger partial charge in [-0.05, 0) is 61.6 Å². The number of nitrogens with zero attached hydrogens (tertiary/aromatic N) is 4. The average Bonchev–Trinajstić information content (AvgIpc) is 3.57. The van der Waals surface area contributed by atoms with Gasteiger partial charge in [0.25, 0.3) is 17.6 Å². The van der Waals surface area contributed by atoms with Gasteiger partial charge < -0.3 is 15.7 Å². The topological polar surface area (TPSA) is 139 Å². The number of rotatable bonds is 7. The lowest BCUT2D eigenvalue weighted by Gasteiger charge is -2.26. The van der Waals surface area contributed by atoms with E-state index < -0.39 is 23.2 Å². The van der Waals surface area contributed by atoms with Crippen LogP contribution in [-0.2, 0) is 11.3 Å². The number of aromatic nitrogens is 4. The third-order valence-electron chi connectivity index (χ3n) is 7.45. The van der Waals surface area contributed by atoms with Crippen LogP contribution in [0.15, 0.2) is 30.6 Å². The third kappa shape index (κ3) is 4.11. The quantitative estimate of drug-likeness (QED) is 0.471. The molecule has 0 aliphatic heterocycles. The van der Waals surface area contributed by atoms with E-state index in [0.717, 1.165) is 18.4 Å². The molecule has 0 saturated heterocycles. The van der Waals surface area contributed by atoms with Crippen molar-refractivity contribution in [1.82, 2.24) is 30.2 Å². The van der Waals surface area contributed by atoms with E-state index in [2.05, 4.69) is 25.7 Å². The summed E-state index contributed by atoms with van der Waals surface area (Å²) in [5.74, 6) is -1.93. The van der Waals surface area contributed by atoms with Gasteiger partial charge in [-0.2, -0.15) is 14.6 Å². The summed E-state index contributed by atoms with van der Waals surface area (Å²) >= 11 is 0. The normalized spacial score (nSPS) is 22.9. The van der Waals surface area contributed by atoms with Crippen LogP contribution in [0, 0.1) is 23.6 Å². The van der Waals surface area contributed by atoms with Gasteiger partial charge in [0.1, 0.15) is 23.5 Å². The summed E-state index contributed by atoms with van der Waals surface area (Å²) < 4.78 is 14.8. The van der Waals surface area contributed by atoms with Crippen LogP contribution >= 0.6 is 0 Å². The molecule has 10 nitrogen and oxygen atoms in total. The molecular formula is C24H25FN6O4. The number of aliphatic carboxylic acids is 1. The number of hydrogen-bond acceptors (Lipinski definition) is 6. The number of carboxylic acid groups (broad SMARTS) is 1. The van der Waals surface area contributed by atoms with Crippen LogP contribution in [0.3, 0.4) is 0 Å². The molecule has 182 valence electrons. The highest BCUT2D eigenvalue weighted by molar-refractivity contribution is 5.98. The fourth-order valence-corrected chi connectivity index (χ4v) is 5.40. The van der Waals surface area contributed by atoms with E-state index >= 15 is 0 Å². The molecule has 2 amide bonds. The van der Waals surface area contributed by atoms with Gasteiger partial charge in [0.2, 0.25) is 0 Å². The molecule has 3 aromatic rings. The molecule has 11 heteroatoms. The minimum Gasteiger partial charge on any atom is -0.481 e. The number of fused-ring (bicyclic) bond motifs is 3. The molecule has 2 heterocycles. The van der Waals surface area contributed by atoms with Gasteiger partial charge in [0.15, 0.2) is 0 Å². The maximum Gasteiger partial charge on any atom is 0.309 e. The number of benzene rings is 1. The molecule has 2 fully saturated rings. The van der Waals surface area contributed by atoms with Crippen molar-refractivity contribution in [3.63, 3.8) is 0 Å². The summed E-state index contributed by atoms with van der Waals surface area (Å²) in [5.41, 5.74) is 0.406. The Labute approximate surface area is 200 Å². The van der Waals surface area contributed by atoms with E-state index in [1.807, 2.05) is 0 Å². The number of carbonyl (C=O) groups excluding carboxylic acids is 2. The van der Waals surface area contributed by atoms with Crippen molar-refractivity contribution in [3.8, 4) is 0 Å². The Morgan fingerprint density at radius 1 is 1.11 bits per heavy atom. The molecule has 2 bridgehead atoms. The number of carbonyl (C=O) groups is 3. The zero-order valence-corrected chi connectivity index (χ0v) is 19.2. The van der Waals surface area contributed by atoms with Crippen LogP contribution in [0.5, 0.6) is 0 Å². The van der Waals surface area contributed by atoms with Crippen LogP contribution in [0.4, 0.5) is 4.39 Å². The molecule has 0 radical (unpaired) electrons. The second-order valence-electron chi connectivity index (χ2n) is 9.71. The molecule has 1 aromatic carbocycles. The first-order valence-electron chi connectivity index (χ1n) is 11.5. The molecule has 0 spiro atoms. The molecule has 2 aliphatic carbocycles. The molecule has 2 aromatic heterocycles. The summed E-state index contributed by atoms with van der Waals surface area (Å²) in [7, 11) is 0. The Bertz CT molecular complexity index is 1350. The molecule has 2 aliphatic rings. The van der Waals surface area contributed by atoms with Gasteiger partial charge in [-0.15, -0.1) is 0 Å². The van der Waals surface area contributed by atoms with Crippen molar-refractivity contribution in [1.29, 1.82) is 0 Å². The molecule has 0 atom stereocenters. The predicted octanol–water partition coefficient (Wildman–Crippen LogP) is 2.27. The Morgan fingerprint density at radius 2 is 1.89 bits per heavy atom. The second kappa shape index (κ2) is 8.40. The van der Waals surface area contributed by atoms with Gasteiger partial charge >= 0.3 is 5.97 Å². The standard InChI is InChI=1S/C24H25FN6O4/c1-14-8-15(2-3-16(14)25)10-26-19(32)17-9-18(31-22(30-17)28-13-29-31)20(33)27-12-23-4-6-24(11-23,7-5-23)21(34)35/h2-3,8-9,13H,4-7,10-12H2,1H3,(H,26,32)(H,27,33)(H,34,35). The first-order valence-corrected chi connectivity index (χ1v) is 11.5. The van der Waals surface area contributed by atoms with Crippen molar-refractivity contribution >= 4 is 23.6 Å². The molecule has 5 rings (SSSR count). The van der Waals surface area contributed by atoms with Crippen LogP contribution in [0.2, 0.25) is 0 Å². The Balaban J connectivity index is 1.31. The zero-order valence-electron chi connectivity index (χ0n) is 19.2. The fraction of sp³-hybridized carbons (Fsp3) is 0.417. The van der Waals surface area contributed by atoms with E-state index in [0.29, 0.717) is 31.4 Å². The van der Waals surface area contributed by atoms with Gasteiger partial charge in [-0.3, -0.25) is 14.4 Å². The molecule has 3 N–H and O–H groups in total. The molecular weight excluding hydrogens is 455 g/mol. The smallest absolute Gasteiger partial charge is 0.309 e. The van der Waals surface area contributed by atoms with Crippen LogP contribution in [-0.4, -0.2) is 49.0 Å². The number of hydrogen-bond donors (Lipinski definition) is 3. The summed E-state index contributed by atoms with van der Waals surface area (Å²) in [6.07, 6.45) is 4.56. The van der Waals surface area contributed by atoms with Crippen molar-refractivity contribution in [2.75, 3.05) is 6.54 Å². The third-order valence-corrected chi connectivity index (χ3v) is 7.45. The summed E-state index contributed by atoms with van der Waals surface area (Å²) in [6, 6.07) is 5.93. The molecule has 0 unspecified atom stereocenters. The van der Waals surface area contributed by atoms with Crippen molar-refractivity contribution in [2.45, 2.75) is 45.6 Å². The van der Waals surface area contributed by atoms with E-state index in [1.165, 1.54) is 23.0 Å². The lowest BCUT2D eigenvalue weighted by atomic mass is 9.82. The van der Waals surface area contributed by atoms with Gasteiger partial charge in [-0.25, -0.2) is 9.37 Å². The number of halogens is 1. The van der Waals surface area contributed by atoms with Gasteiger partial charge in [0, 0.05) is 19.2 Å². The van der Waals surface area contributed by atoms with E-state index in [-0.39, 0.29) is 34.9 Å². The second-order valence-corrected chi connectivity index (χ2v) is 9.71. The summed E-state index contributed by atoms with van der Waals surface area (Å²) in [5, 5.41) is 19.3. The first-order chi connectivity index (χ1) is 16.7. The monoisotopic (exact) mass is 480 g/mol. The molecule has 2 saturated carbocycles. The predicted molar refractivity (Wildman–Crippen MR) is 121 cm³/mol. The summed E-state index contributed by atoms with van der Waals surface area (Å²) in [6.45, 7) is 2.16. The van der Waals surface area contributed by atoms with E-state index in [4.69, 9.17) is 0 Å². The zero-order chi connectivity index (χ0) is 24.8. The maximum atomic E-state index is 13.5. The SMILES string of the molecule is Cc1cc(CNC(=O)c2cc(C(=O)NCC34CCC(C(=O)O)(CC3)C4)n3ncnc3n2)ccc1F. The minimum absolute atomic E-state index is 0.000672. The first kappa shape index (κ1) is 22.9. The van der Waals surface area contributed by atoms with E-state index in [9.17, 15) is 23.9 Å². The van der Waals surface area contributed by atoms with Gasteiger partial charge in [-0.1, -0.05) is 12.1 Å². The lowest BCUT2D eigenvalue weighted by molar-refractivity contribution is -0.148. The Morgan fingerprint density at radius 3 is 2.57 bits per heavy atom. The highest BCUT2D eigenvalue weighted by Crippen LogP contribution is 2.61. The number of aryl methyl sites for hydroxylation is 1. The van der Waals surface area contributed by atoms with Crippen LogP contribution in [0.1, 0.15) is 64.2 Å². The fourth-order valence-electron chi connectivity index (χ4n) is 5.40. The van der Waals surface area contributed by atoms with E-state index in [1.54, 1.807) is 19.1 Å². The number of nitrogens with one attached hydrogen (secondary N) is 2. The Kier molecular flexibility index (Phi) is 5.49.